The van der Waals surface area contributed by atoms with Gasteiger partial charge in [0.2, 0.25) is 11.8 Å². The quantitative estimate of drug-likeness (QED) is 0.507. The second-order valence-electron chi connectivity index (χ2n) is 11.6. The van der Waals surface area contributed by atoms with Gasteiger partial charge >= 0.3 is 0 Å². The summed E-state index contributed by atoms with van der Waals surface area (Å²) in [6.07, 6.45) is 12.6. The molecule has 2 amide bonds. The van der Waals surface area contributed by atoms with E-state index >= 15 is 0 Å². The SMILES string of the molecule is O=C(NCC1CCNCC1)C1CCCC(C2CC2C(=O)NC2CCC3CNCCC3C2)C1. The van der Waals surface area contributed by atoms with Gasteiger partial charge < -0.3 is 21.3 Å². The number of fused-ring (bicyclic) bond motifs is 1. The molecule has 2 heterocycles. The highest BCUT2D eigenvalue weighted by molar-refractivity contribution is 5.82. The topological polar surface area (TPSA) is 82.3 Å². The predicted octanol–water partition coefficient (Wildman–Crippen LogP) is 2.44. The van der Waals surface area contributed by atoms with E-state index in [0.717, 1.165) is 70.1 Å². The van der Waals surface area contributed by atoms with Crippen LogP contribution >= 0.6 is 0 Å². The van der Waals surface area contributed by atoms with Gasteiger partial charge in [-0.3, -0.25) is 9.59 Å². The molecule has 3 aliphatic carbocycles. The highest BCUT2D eigenvalue weighted by atomic mass is 16.2. The Kier molecular flexibility index (Phi) is 7.37. The molecule has 0 spiro atoms. The summed E-state index contributed by atoms with van der Waals surface area (Å²) in [7, 11) is 0. The van der Waals surface area contributed by atoms with Crippen molar-refractivity contribution in [3.8, 4) is 0 Å². The first-order valence-electron chi connectivity index (χ1n) is 13.7. The molecule has 6 nitrogen and oxygen atoms in total. The van der Waals surface area contributed by atoms with Gasteiger partial charge in [0.15, 0.2) is 0 Å². The number of carbonyl (C=O) groups is 2. The van der Waals surface area contributed by atoms with E-state index < -0.39 is 0 Å². The maximum Gasteiger partial charge on any atom is 0.223 e. The Balaban J connectivity index is 1.04. The number of rotatable bonds is 6. The minimum Gasteiger partial charge on any atom is -0.356 e. The fraction of sp³-hybridized carbons (Fsp3) is 0.923. The van der Waals surface area contributed by atoms with Crippen molar-refractivity contribution in [2.24, 2.45) is 41.4 Å². The molecule has 2 saturated heterocycles. The Morgan fingerprint density at radius 3 is 2.47 bits per heavy atom. The van der Waals surface area contributed by atoms with E-state index in [4.69, 9.17) is 0 Å². The predicted molar refractivity (Wildman–Crippen MR) is 126 cm³/mol. The highest BCUT2D eigenvalue weighted by Crippen LogP contribution is 2.50. The molecule has 180 valence electrons. The standard InChI is InChI=1S/C26H44N4O2/c31-25(29-15-17-6-9-27-10-7-17)20-3-1-2-19(12-20)23-14-24(23)26(32)30-22-5-4-21-16-28-11-8-18(21)13-22/h17-24,27-28H,1-16H2,(H,29,31)(H,30,32). The number of carbonyl (C=O) groups excluding carboxylic acids is 2. The summed E-state index contributed by atoms with van der Waals surface area (Å²) in [5, 5.41) is 13.6. The lowest BCUT2D eigenvalue weighted by atomic mass is 9.73. The summed E-state index contributed by atoms with van der Waals surface area (Å²) >= 11 is 0. The van der Waals surface area contributed by atoms with Gasteiger partial charge in [0.05, 0.1) is 0 Å². The molecule has 3 saturated carbocycles. The summed E-state index contributed by atoms with van der Waals surface area (Å²) < 4.78 is 0. The Hall–Kier alpha value is -1.14. The van der Waals surface area contributed by atoms with Crippen LogP contribution in [-0.2, 0) is 9.59 Å². The molecule has 32 heavy (non-hydrogen) atoms. The van der Waals surface area contributed by atoms with Gasteiger partial charge in [0.1, 0.15) is 0 Å². The van der Waals surface area contributed by atoms with Crippen molar-refractivity contribution in [3.63, 3.8) is 0 Å². The molecule has 7 unspecified atom stereocenters. The fourth-order valence-electron chi connectivity index (χ4n) is 7.33. The molecule has 5 rings (SSSR count). The highest BCUT2D eigenvalue weighted by Gasteiger charge is 2.49. The lowest BCUT2D eigenvalue weighted by Gasteiger charge is -2.39. The summed E-state index contributed by atoms with van der Waals surface area (Å²) in [5.41, 5.74) is 0. The van der Waals surface area contributed by atoms with Crippen LogP contribution < -0.4 is 21.3 Å². The van der Waals surface area contributed by atoms with Gasteiger partial charge in [-0.2, -0.15) is 0 Å². The second kappa shape index (κ2) is 10.4. The van der Waals surface area contributed by atoms with E-state index in [1.54, 1.807) is 0 Å². The zero-order valence-electron chi connectivity index (χ0n) is 19.7. The van der Waals surface area contributed by atoms with Gasteiger partial charge in [0, 0.05) is 24.4 Å². The first kappa shape index (κ1) is 22.6. The van der Waals surface area contributed by atoms with Crippen LogP contribution in [0.2, 0.25) is 0 Å². The zero-order chi connectivity index (χ0) is 21.9. The maximum atomic E-state index is 13.0. The van der Waals surface area contributed by atoms with Crippen LogP contribution in [0.15, 0.2) is 0 Å². The molecule has 5 fully saturated rings. The van der Waals surface area contributed by atoms with Crippen LogP contribution in [0.1, 0.15) is 70.6 Å². The van der Waals surface area contributed by atoms with Crippen molar-refractivity contribution in [1.29, 1.82) is 0 Å². The second-order valence-corrected chi connectivity index (χ2v) is 11.6. The minimum atomic E-state index is 0.162. The zero-order valence-corrected chi connectivity index (χ0v) is 19.7. The molecule has 0 aromatic rings. The lowest BCUT2D eigenvalue weighted by molar-refractivity contribution is -0.126. The van der Waals surface area contributed by atoms with Crippen LogP contribution in [0.5, 0.6) is 0 Å². The summed E-state index contributed by atoms with van der Waals surface area (Å²) in [6.45, 7) is 5.31. The van der Waals surface area contributed by atoms with Crippen molar-refractivity contribution in [2.45, 2.75) is 76.7 Å². The van der Waals surface area contributed by atoms with Crippen LogP contribution in [0.25, 0.3) is 0 Å². The Labute approximate surface area is 193 Å². The van der Waals surface area contributed by atoms with Crippen LogP contribution in [0.3, 0.4) is 0 Å². The molecule has 0 aromatic heterocycles. The third-order valence-corrected chi connectivity index (χ3v) is 9.48. The molecule has 2 aliphatic heterocycles. The number of piperidine rings is 2. The molecule has 5 aliphatic rings. The van der Waals surface area contributed by atoms with Crippen molar-refractivity contribution in [1.82, 2.24) is 21.3 Å². The van der Waals surface area contributed by atoms with Crippen molar-refractivity contribution >= 4 is 11.8 Å². The number of hydrogen-bond acceptors (Lipinski definition) is 4. The average Bonchev–Trinajstić information content (AvgIpc) is 3.65. The minimum absolute atomic E-state index is 0.162. The first-order valence-corrected chi connectivity index (χ1v) is 13.7. The van der Waals surface area contributed by atoms with Crippen LogP contribution in [0.4, 0.5) is 0 Å². The monoisotopic (exact) mass is 444 g/mol. The molecule has 0 bridgehead atoms. The molecule has 6 heteroatoms. The number of amides is 2. The Morgan fingerprint density at radius 1 is 0.750 bits per heavy atom. The number of hydrogen-bond donors (Lipinski definition) is 4. The van der Waals surface area contributed by atoms with Gasteiger partial charge in [-0.15, -0.1) is 0 Å². The van der Waals surface area contributed by atoms with Gasteiger partial charge in [0.25, 0.3) is 0 Å². The summed E-state index contributed by atoms with van der Waals surface area (Å²) in [4.78, 5) is 25.8. The van der Waals surface area contributed by atoms with E-state index in [9.17, 15) is 9.59 Å². The molecule has 0 aromatic carbocycles. The maximum absolute atomic E-state index is 13.0. The van der Waals surface area contributed by atoms with Crippen LogP contribution in [0, 0.1) is 41.4 Å². The fourth-order valence-corrected chi connectivity index (χ4v) is 7.33. The third-order valence-electron chi connectivity index (χ3n) is 9.48. The third kappa shape index (κ3) is 5.49. The van der Waals surface area contributed by atoms with E-state index in [0.29, 0.717) is 29.7 Å². The van der Waals surface area contributed by atoms with E-state index in [1.165, 1.54) is 45.1 Å². The van der Waals surface area contributed by atoms with E-state index in [-0.39, 0.29) is 17.7 Å². The van der Waals surface area contributed by atoms with Gasteiger partial charge in [-0.05, 0) is 114 Å². The first-order chi connectivity index (χ1) is 15.7. The molecular formula is C26H44N4O2. The lowest BCUT2D eigenvalue weighted by Crippen LogP contribution is -2.46. The van der Waals surface area contributed by atoms with Gasteiger partial charge in [-0.25, -0.2) is 0 Å². The van der Waals surface area contributed by atoms with Crippen molar-refractivity contribution in [2.75, 3.05) is 32.7 Å². The summed E-state index contributed by atoms with van der Waals surface area (Å²) in [6, 6.07) is 0.392. The van der Waals surface area contributed by atoms with E-state index in [2.05, 4.69) is 21.3 Å². The number of nitrogens with one attached hydrogen (secondary N) is 4. The van der Waals surface area contributed by atoms with Crippen molar-refractivity contribution in [3.05, 3.63) is 0 Å². The molecule has 4 N–H and O–H groups in total. The average molecular weight is 445 g/mol. The van der Waals surface area contributed by atoms with Crippen molar-refractivity contribution < 1.29 is 9.59 Å². The van der Waals surface area contributed by atoms with Crippen LogP contribution in [-0.4, -0.2) is 50.6 Å². The Morgan fingerprint density at radius 2 is 1.59 bits per heavy atom. The normalized spacial score (nSPS) is 40.2. The molecular weight excluding hydrogens is 400 g/mol. The Bertz CT molecular complexity index is 664. The molecule has 7 atom stereocenters. The van der Waals surface area contributed by atoms with Gasteiger partial charge in [-0.1, -0.05) is 12.8 Å². The molecule has 0 radical (unpaired) electrons. The largest absolute Gasteiger partial charge is 0.356 e. The summed E-state index contributed by atoms with van der Waals surface area (Å²) in [5.74, 6) is 4.30. The van der Waals surface area contributed by atoms with E-state index in [1.807, 2.05) is 0 Å². The smallest absolute Gasteiger partial charge is 0.223 e.